The normalized spacial score (nSPS) is 23.7. The van der Waals surface area contributed by atoms with Crippen LogP contribution >= 0.6 is 22.3 Å². The maximum atomic E-state index is 12.6. The van der Waals surface area contributed by atoms with Gasteiger partial charge in [-0.2, -0.15) is 0 Å². The zero-order valence-electron chi connectivity index (χ0n) is 22.7. The van der Waals surface area contributed by atoms with E-state index >= 15 is 0 Å². The van der Waals surface area contributed by atoms with E-state index in [0.717, 1.165) is 20.0 Å². The van der Waals surface area contributed by atoms with Gasteiger partial charge in [0, 0.05) is 33.2 Å². The number of hydrogen-bond acceptors (Lipinski definition) is 10. The second-order valence-electron chi connectivity index (χ2n) is 8.85. The molecule has 0 aromatic carbocycles. The summed E-state index contributed by atoms with van der Waals surface area (Å²) in [6.45, 7) is 7.74. The van der Waals surface area contributed by atoms with Gasteiger partial charge >= 0.3 is 13.6 Å². The molecule has 214 valence electrons. The van der Waals surface area contributed by atoms with E-state index in [9.17, 15) is 33.6 Å². The first kappa shape index (κ1) is 35.4. The Morgan fingerprint density at radius 2 is 1.72 bits per heavy atom. The fraction of sp³-hybridized carbons (Fsp3) is 0.850. The summed E-state index contributed by atoms with van der Waals surface area (Å²) >= 11 is 0. The fourth-order valence-electron chi connectivity index (χ4n) is 3.37. The van der Waals surface area contributed by atoms with Gasteiger partial charge in [0.25, 0.3) is 0 Å². The largest absolute Gasteiger partial charge is 0.394 e. The van der Waals surface area contributed by atoms with Crippen LogP contribution in [0, 0.1) is 0 Å². The van der Waals surface area contributed by atoms with Crippen LogP contribution in [0.4, 0.5) is 4.79 Å². The third-order valence-corrected chi connectivity index (χ3v) is 12.0. The Hall–Kier alpha value is -0.580. The molecule has 0 aliphatic carbocycles. The first-order valence-electron chi connectivity index (χ1n) is 11.5. The van der Waals surface area contributed by atoms with Gasteiger partial charge in [-0.1, -0.05) is 13.8 Å². The van der Waals surface area contributed by atoms with Gasteiger partial charge in [0.15, 0.2) is 0 Å². The zero-order valence-corrected chi connectivity index (χ0v) is 25.4. The Kier molecular flexibility index (Phi) is 14.9. The molecule has 16 heteroatoms. The second kappa shape index (κ2) is 15.1. The van der Waals surface area contributed by atoms with Crippen molar-refractivity contribution in [3.05, 3.63) is 12.3 Å². The van der Waals surface area contributed by atoms with E-state index in [-0.39, 0.29) is 18.7 Å². The topological polar surface area (TPSA) is 166 Å². The minimum atomic E-state index is -3.97. The highest BCUT2D eigenvalue weighted by atomic mass is 31.3. The number of hydrogen-bond donors (Lipinski definition) is 3. The molecule has 13 nitrogen and oxygen atoms in total. The van der Waals surface area contributed by atoms with E-state index in [1.807, 2.05) is 38.9 Å². The SMILES string of the molecule is CC.C[C@H](CN1C=CC(N(C)C)N(C)C1=O)O[C@H](COP(C)(=O)OP(C)(=O)CP(C)(=O)O)C(O)CO. The summed E-state index contributed by atoms with van der Waals surface area (Å²) in [6, 6.07) is -0.255. The molecule has 0 spiro atoms. The van der Waals surface area contributed by atoms with Gasteiger partial charge in [-0.05, 0) is 27.1 Å². The van der Waals surface area contributed by atoms with E-state index < -0.39 is 59.8 Å². The third kappa shape index (κ3) is 12.8. The summed E-state index contributed by atoms with van der Waals surface area (Å²) in [5.41, 5.74) is 0. The molecule has 2 amide bonds. The molecule has 7 atom stereocenters. The molecule has 0 radical (unpaired) electrons. The number of urea groups is 1. The minimum absolute atomic E-state index is 0.126. The molecule has 1 rings (SSSR count). The number of carbonyl (C=O) groups excluding carboxylic acids is 1. The Balaban J connectivity index is 0.00000596. The van der Waals surface area contributed by atoms with Crippen LogP contribution in [0.3, 0.4) is 0 Å². The summed E-state index contributed by atoms with van der Waals surface area (Å²) in [4.78, 5) is 26.9. The van der Waals surface area contributed by atoms with Crippen molar-refractivity contribution >= 4 is 28.4 Å². The molecule has 0 bridgehead atoms. The van der Waals surface area contributed by atoms with Gasteiger partial charge in [0.2, 0.25) is 14.7 Å². The number of nitrogens with zero attached hydrogens (tertiary/aromatic N) is 3. The number of aliphatic hydroxyl groups is 2. The van der Waals surface area contributed by atoms with Crippen LogP contribution in [0.15, 0.2) is 12.3 Å². The fourth-order valence-corrected chi connectivity index (χ4v) is 11.0. The highest BCUT2D eigenvalue weighted by Gasteiger charge is 2.35. The van der Waals surface area contributed by atoms with Gasteiger partial charge in [0.05, 0.1) is 25.9 Å². The Morgan fingerprint density at radius 3 is 2.19 bits per heavy atom. The van der Waals surface area contributed by atoms with E-state index in [2.05, 4.69) is 0 Å². The number of amides is 2. The standard InChI is InChI=1S/C18H38N3O10P3.C2H6/c1-14(10-21-9-8-17(19(2)3)20(4)18(21)24)30-16(15(23)11-22)12-29-34(7,28)31-33(6,27)13-32(5,25)26;1-2/h8-9,14-17,22-23H,10-13H2,1-7H3,(H,25,26);1-2H3/t14-,15?,16-,17?,33?,34?;/m1./s1. The predicted molar refractivity (Wildman–Crippen MR) is 140 cm³/mol. The van der Waals surface area contributed by atoms with E-state index in [0.29, 0.717) is 0 Å². The lowest BCUT2D eigenvalue weighted by Gasteiger charge is -2.39. The van der Waals surface area contributed by atoms with Crippen LogP contribution in [0.1, 0.15) is 20.8 Å². The molecular weight excluding hydrogens is 535 g/mol. The first-order chi connectivity index (χ1) is 16.4. The monoisotopic (exact) mass is 579 g/mol. The summed E-state index contributed by atoms with van der Waals surface area (Å²) in [6.07, 6.45) is 0.103. The number of aliphatic hydroxyl groups excluding tert-OH is 2. The van der Waals surface area contributed by atoms with Crippen LogP contribution in [0.2, 0.25) is 0 Å². The Morgan fingerprint density at radius 1 is 1.17 bits per heavy atom. The highest BCUT2D eigenvalue weighted by Crippen LogP contribution is 2.65. The number of carbonyl (C=O) groups is 1. The summed E-state index contributed by atoms with van der Waals surface area (Å²) < 4.78 is 52.6. The van der Waals surface area contributed by atoms with Crippen LogP contribution in [-0.4, -0.2) is 127 Å². The van der Waals surface area contributed by atoms with Crippen molar-refractivity contribution in [2.75, 3.05) is 66.8 Å². The number of ether oxygens (including phenoxy) is 1. The second-order valence-corrected chi connectivity index (χ2v) is 16.6. The summed E-state index contributed by atoms with van der Waals surface area (Å²) in [7, 11) is -6.02. The maximum Gasteiger partial charge on any atom is 0.333 e. The Labute approximate surface area is 214 Å². The van der Waals surface area contributed by atoms with Crippen molar-refractivity contribution in [2.24, 2.45) is 0 Å². The first-order valence-corrected chi connectivity index (χ1v) is 18.0. The molecule has 1 heterocycles. The van der Waals surface area contributed by atoms with Crippen molar-refractivity contribution in [1.82, 2.24) is 14.7 Å². The molecular formula is C20H44N3O10P3. The minimum Gasteiger partial charge on any atom is -0.394 e. The maximum absolute atomic E-state index is 12.6. The molecule has 0 saturated heterocycles. The summed E-state index contributed by atoms with van der Waals surface area (Å²) in [5, 5.41) is 19.5. The van der Waals surface area contributed by atoms with E-state index in [1.165, 1.54) is 4.90 Å². The molecule has 1 aliphatic rings. The molecule has 5 unspecified atom stereocenters. The molecule has 0 saturated carbocycles. The van der Waals surface area contributed by atoms with Crippen molar-refractivity contribution in [3.8, 4) is 0 Å². The lowest BCUT2D eigenvalue weighted by atomic mass is 10.2. The smallest absolute Gasteiger partial charge is 0.333 e. The van der Waals surface area contributed by atoms with E-state index in [1.54, 1.807) is 25.1 Å². The molecule has 0 fully saturated rings. The van der Waals surface area contributed by atoms with Gasteiger partial charge < -0.3 is 29.3 Å². The molecule has 36 heavy (non-hydrogen) atoms. The highest BCUT2D eigenvalue weighted by molar-refractivity contribution is 7.78. The van der Waals surface area contributed by atoms with Gasteiger partial charge in [-0.25, -0.2) is 4.79 Å². The molecule has 1 aliphatic heterocycles. The summed E-state index contributed by atoms with van der Waals surface area (Å²) in [5.74, 6) is -0.669. The lowest BCUT2D eigenvalue weighted by molar-refractivity contribution is -0.104. The van der Waals surface area contributed by atoms with Crippen LogP contribution in [-0.2, 0) is 27.3 Å². The predicted octanol–water partition coefficient (Wildman–Crippen LogP) is 2.53. The number of rotatable bonds is 14. The van der Waals surface area contributed by atoms with Crippen LogP contribution in [0.25, 0.3) is 0 Å². The quantitative estimate of drug-likeness (QED) is 0.259. The van der Waals surface area contributed by atoms with Gasteiger partial charge in [-0.3, -0.25) is 27.8 Å². The van der Waals surface area contributed by atoms with Crippen LogP contribution < -0.4 is 0 Å². The van der Waals surface area contributed by atoms with Gasteiger partial charge in [-0.15, -0.1) is 0 Å². The zero-order chi connectivity index (χ0) is 28.5. The third-order valence-electron chi connectivity index (χ3n) is 4.70. The van der Waals surface area contributed by atoms with Crippen molar-refractivity contribution in [1.29, 1.82) is 0 Å². The van der Waals surface area contributed by atoms with Crippen LogP contribution in [0.5, 0.6) is 0 Å². The van der Waals surface area contributed by atoms with Crippen molar-refractivity contribution in [2.45, 2.75) is 45.2 Å². The number of likely N-dealkylation sites (N-methyl/N-ethyl adjacent to an activating group) is 2. The molecule has 3 N–H and O–H groups in total. The van der Waals surface area contributed by atoms with Gasteiger partial charge in [0.1, 0.15) is 24.3 Å². The average molecular weight is 580 g/mol. The lowest BCUT2D eigenvalue weighted by Crippen LogP contribution is -2.53. The molecule has 0 aromatic heterocycles. The Bertz CT molecular complexity index is 866. The average Bonchev–Trinajstić information content (AvgIpc) is 2.72. The van der Waals surface area contributed by atoms with Crippen molar-refractivity contribution in [3.63, 3.8) is 0 Å². The molecule has 0 aromatic rings. The van der Waals surface area contributed by atoms with Crippen molar-refractivity contribution < 1.29 is 47.2 Å². The van der Waals surface area contributed by atoms with E-state index in [4.69, 9.17) is 13.6 Å².